The highest BCUT2D eigenvalue weighted by atomic mass is 32.2. The minimum Gasteiger partial charge on any atom is -0.326 e. The van der Waals surface area contributed by atoms with Crippen molar-refractivity contribution in [3.8, 4) is 6.07 Å². The first-order valence-corrected chi connectivity index (χ1v) is 6.52. The van der Waals surface area contributed by atoms with Gasteiger partial charge in [0, 0.05) is 16.3 Å². The maximum Gasteiger partial charge on any atom is 0.100 e. The molecule has 0 radical (unpaired) electrons. The Morgan fingerprint density at radius 3 is 2.72 bits per heavy atom. The van der Waals surface area contributed by atoms with Crippen LogP contribution in [0.3, 0.4) is 0 Å². The summed E-state index contributed by atoms with van der Waals surface area (Å²) in [7, 11) is 0. The Kier molecular flexibility index (Phi) is 4.03. The molecule has 0 saturated carbocycles. The molecule has 90 valence electrons. The Morgan fingerprint density at radius 2 is 2.06 bits per heavy atom. The van der Waals surface area contributed by atoms with Crippen molar-refractivity contribution >= 4 is 11.8 Å². The molecule has 0 saturated heterocycles. The molecule has 2 nitrogen and oxygen atoms in total. The average Bonchev–Trinajstić information content (AvgIpc) is 2.39. The zero-order valence-corrected chi connectivity index (χ0v) is 11.0. The lowest BCUT2D eigenvalue weighted by Crippen LogP contribution is -1.96. The Bertz CT molecular complexity index is 600. The van der Waals surface area contributed by atoms with Crippen LogP contribution >= 0.6 is 11.8 Å². The van der Waals surface area contributed by atoms with E-state index in [1.165, 1.54) is 5.56 Å². The van der Waals surface area contributed by atoms with E-state index < -0.39 is 0 Å². The van der Waals surface area contributed by atoms with Crippen molar-refractivity contribution in [2.24, 2.45) is 5.73 Å². The molecule has 0 aliphatic rings. The average molecular weight is 254 g/mol. The van der Waals surface area contributed by atoms with E-state index in [1.807, 2.05) is 24.3 Å². The molecule has 0 amide bonds. The highest BCUT2D eigenvalue weighted by Gasteiger charge is 2.05. The van der Waals surface area contributed by atoms with Crippen LogP contribution in [0.4, 0.5) is 0 Å². The fraction of sp³-hybridized carbons (Fsp3) is 0.133. The van der Waals surface area contributed by atoms with E-state index in [-0.39, 0.29) is 0 Å². The normalized spacial score (nSPS) is 10.1. The third-order valence-electron chi connectivity index (χ3n) is 2.62. The lowest BCUT2D eigenvalue weighted by molar-refractivity contribution is 1.06. The van der Waals surface area contributed by atoms with E-state index in [2.05, 4.69) is 31.2 Å². The molecule has 3 heteroatoms. The minimum absolute atomic E-state index is 0.462. The van der Waals surface area contributed by atoms with E-state index in [4.69, 9.17) is 11.0 Å². The molecule has 0 atom stereocenters. The van der Waals surface area contributed by atoms with Gasteiger partial charge in [-0.1, -0.05) is 35.5 Å². The summed E-state index contributed by atoms with van der Waals surface area (Å²) in [5.41, 5.74) is 8.47. The topological polar surface area (TPSA) is 49.8 Å². The SMILES string of the molecule is Cc1cccc(Sc2ccc(CN)cc2C#N)c1. The summed E-state index contributed by atoms with van der Waals surface area (Å²) in [4.78, 5) is 2.12. The fourth-order valence-electron chi connectivity index (χ4n) is 1.69. The van der Waals surface area contributed by atoms with Gasteiger partial charge in [-0.05, 0) is 36.8 Å². The molecule has 2 rings (SSSR count). The molecule has 2 aromatic rings. The lowest BCUT2D eigenvalue weighted by atomic mass is 10.1. The van der Waals surface area contributed by atoms with Gasteiger partial charge in [-0.2, -0.15) is 5.26 Å². The van der Waals surface area contributed by atoms with Crippen LogP contribution < -0.4 is 5.73 Å². The van der Waals surface area contributed by atoms with Gasteiger partial charge in [0.2, 0.25) is 0 Å². The molecule has 0 aromatic heterocycles. The summed E-state index contributed by atoms with van der Waals surface area (Å²) in [5, 5.41) is 9.17. The van der Waals surface area contributed by atoms with Crippen LogP contribution in [0.1, 0.15) is 16.7 Å². The summed E-state index contributed by atoms with van der Waals surface area (Å²) in [6.45, 7) is 2.52. The van der Waals surface area contributed by atoms with Gasteiger partial charge in [0.05, 0.1) is 5.56 Å². The second-order valence-electron chi connectivity index (χ2n) is 4.07. The Morgan fingerprint density at radius 1 is 1.22 bits per heavy atom. The number of nitriles is 1. The number of nitrogens with zero attached hydrogens (tertiary/aromatic N) is 1. The highest BCUT2D eigenvalue weighted by molar-refractivity contribution is 7.99. The highest BCUT2D eigenvalue weighted by Crippen LogP contribution is 2.31. The maximum atomic E-state index is 9.17. The molecule has 0 fully saturated rings. The number of aryl methyl sites for hydroxylation is 1. The quantitative estimate of drug-likeness (QED) is 0.912. The van der Waals surface area contributed by atoms with Crippen molar-refractivity contribution in [1.82, 2.24) is 0 Å². The summed E-state index contributed by atoms with van der Waals surface area (Å²) in [6.07, 6.45) is 0. The van der Waals surface area contributed by atoms with Gasteiger partial charge < -0.3 is 5.73 Å². The van der Waals surface area contributed by atoms with E-state index in [9.17, 15) is 0 Å². The molecule has 0 unspecified atom stereocenters. The van der Waals surface area contributed by atoms with Crippen LogP contribution in [-0.2, 0) is 6.54 Å². The lowest BCUT2D eigenvalue weighted by Gasteiger charge is -2.06. The molecule has 0 aliphatic heterocycles. The molecule has 2 aromatic carbocycles. The number of nitrogens with two attached hydrogens (primary N) is 1. The monoisotopic (exact) mass is 254 g/mol. The molecule has 0 aliphatic carbocycles. The van der Waals surface area contributed by atoms with Crippen LogP contribution in [0.25, 0.3) is 0 Å². The first-order chi connectivity index (χ1) is 8.72. The molecule has 2 N–H and O–H groups in total. The number of hydrogen-bond donors (Lipinski definition) is 1. The van der Waals surface area contributed by atoms with Gasteiger partial charge in [0.25, 0.3) is 0 Å². The van der Waals surface area contributed by atoms with Gasteiger partial charge in [-0.25, -0.2) is 0 Å². The zero-order valence-electron chi connectivity index (χ0n) is 10.2. The third-order valence-corrected chi connectivity index (χ3v) is 3.68. The van der Waals surface area contributed by atoms with Crippen LogP contribution in [0.15, 0.2) is 52.3 Å². The van der Waals surface area contributed by atoms with Crippen LogP contribution in [0, 0.1) is 18.3 Å². The van der Waals surface area contributed by atoms with Gasteiger partial charge in [-0.3, -0.25) is 0 Å². The Labute approximate surface area is 111 Å². The third kappa shape index (κ3) is 2.92. The van der Waals surface area contributed by atoms with Crippen LogP contribution in [0.5, 0.6) is 0 Å². The molecular formula is C15H14N2S. The number of rotatable bonds is 3. The minimum atomic E-state index is 0.462. The molecule has 0 spiro atoms. The van der Waals surface area contributed by atoms with Gasteiger partial charge >= 0.3 is 0 Å². The second-order valence-corrected chi connectivity index (χ2v) is 5.18. The van der Waals surface area contributed by atoms with Crippen LogP contribution in [-0.4, -0.2) is 0 Å². The van der Waals surface area contributed by atoms with Crippen molar-refractivity contribution in [2.45, 2.75) is 23.3 Å². The summed E-state index contributed by atoms with van der Waals surface area (Å²) in [5.74, 6) is 0. The standard InChI is InChI=1S/C15H14N2S/c1-11-3-2-4-14(7-11)18-15-6-5-12(9-16)8-13(15)10-17/h2-8H,9,16H2,1H3. The summed E-state index contributed by atoms with van der Waals surface area (Å²) < 4.78 is 0. The van der Waals surface area contributed by atoms with Crippen molar-refractivity contribution < 1.29 is 0 Å². The Hall–Kier alpha value is -1.76. The van der Waals surface area contributed by atoms with E-state index in [1.54, 1.807) is 11.8 Å². The van der Waals surface area contributed by atoms with Gasteiger partial charge in [0.1, 0.15) is 6.07 Å². The first kappa shape index (κ1) is 12.7. The molecule has 0 bridgehead atoms. The van der Waals surface area contributed by atoms with Gasteiger partial charge in [0.15, 0.2) is 0 Å². The molecule has 0 heterocycles. The first-order valence-electron chi connectivity index (χ1n) is 5.70. The van der Waals surface area contributed by atoms with E-state index in [0.29, 0.717) is 12.1 Å². The number of hydrogen-bond acceptors (Lipinski definition) is 3. The van der Waals surface area contributed by atoms with Crippen molar-refractivity contribution in [3.05, 3.63) is 59.2 Å². The predicted octanol–water partition coefficient (Wildman–Crippen LogP) is 3.48. The van der Waals surface area contributed by atoms with Crippen molar-refractivity contribution in [3.63, 3.8) is 0 Å². The zero-order chi connectivity index (χ0) is 13.0. The van der Waals surface area contributed by atoms with E-state index in [0.717, 1.165) is 15.4 Å². The Balaban J connectivity index is 2.32. The van der Waals surface area contributed by atoms with Crippen molar-refractivity contribution in [1.29, 1.82) is 5.26 Å². The fourth-order valence-corrected chi connectivity index (χ4v) is 2.68. The van der Waals surface area contributed by atoms with Gasteiger partial charge in [-0.15, -0.1) is 0 Å². The summed E-state index contributed by atoms with van der Waals surface area (Å²) >= 11 is 1.61. The van der Waals surface area contributed by atoms with Crippen LogP contribution in [0.2, 0.25) is 0 Å². The number of benzene rings is 2. The predicted molar refractivity (Wildman–Crippen MR) is 74.4 cm³/mol. The second kappa shape index (κ2) is 5.72. The summed E-state index contributed by atoms with van der Waals surface area (Å²) in [6, 6.07) is 16.3. The molecule has 18 heavy (non-hydrogen) atoms. The van der Waals surface area contributed by atoms with E-state index >= 15 is 0 Å². The molecular weight excluding hydrogens is 240 g/mol. The largest absolute Gasteiger partial charge is 0.326 e. The smallest absolute Gasteiger partial charge is 0.100 e. The van der Waals surface area contributed by atoms with Crippen molar-refractivity contribution in [2.75, 3.05) is 0 Å². The maximum absolute atomic E-state index is 9.17.